The van der Waals surface area contributed by atoms with Gasteiger partial charge < -0.3 is 19.1 Å². The largest absolute Gasteiger partial charge is 0.372 e. The van der Waals surface area contributed by atoms with Crippen molar-refractivity contribution in [2.75, 3.05) is 26.2 Å². The normalized spacial score (nSPS) is 24.7. The van der Waals surface area contributed by atoms with Crippen LogP contribution in [0.3, 0.4) is 0 Å². The van der Waals surface area contributed by atoms with Crippen molar-refractivity contribution >= 4 is 23.4 Å². The van der Waals surface area contributed by atoms with Crippen molar-refractivity contribution in [2.45, 2.75) is 65.1 Å². The molecular weight excluding hydrogens is 478 g/mol. The van der Waals surface area contributed by atoms with Gasteiger partial charge >= 0.3 is 0 Å². The molecule has 0 unspecified atom stereocenters. The molecule has 194 valence electrons. The number of ether oxygens (including phenoxy) is 1. The van der Waals surface area contributed by atoms with Gasteiger partial charge in [-0.15, -0.1) is 0 Å². The van der Waals surface area contributed by atoms with Gasteiger partial charge in [-0.2, -0.15) is 0 Å². The molecule has 5 rings (SSSR count). The minimum absolute atomic E-state index is 0.0740. The summed E-state index contributed by atoms with van der Waals surface area (Å²) in [6.45, 7) is 7.11. The Morgan fingerprint density at radius 1 is 1.28 bits per heavy atom. The smallest absolute Gasteiger partial charge is 0.292 e. The molecule has 0 N–H and O–H groups in total. The fourth-order valence-electron chi connectivity index (χ4n) is 5.66. The number of nitrogens with zero attached hydrogens (tertiary/aromatic N) is 3. The van der Waals surface area contributed by atoms with Crippen LogP contribution in [0.4, 0.5) is 0 Å². The number of piperidine rings is 2. The standard InChI is InChI=1S/C28H36ClN3O4/c1-19(2)12-23-13-25(36-30-23)26(33)31-11-3-10-28(18-31)14-24(16-32(27(28)34)15-20-4-5-20)35-17-21-6-8-22(29)9-7-21/h6-9,13,19-20,24H,3-5,10-12,14-18H2,1-2H3/t24-,28+/m0/s1. The molecule has 1 aromatic heterocycles. The molecule has 36 heavy (non-hydrogen) atoms. The van der Waals surface area contributed by atoms with Crippen LogP contribution in [0.25, 0.3) is 0 Å². The van der Waals surface area contributed by atoms with Crippen LogP contribution in [0.5, 0.6) is 0 Å². The minimum atomic E-state index is -0.619. The second-order valence-electron chi connectivity index (χ2n) is 11.3. The Balaban J connectivity index is 1.31. The van der Waals surface area contributed by atoms with Crippen LogP contribution >= 0.6 is 11.6 Å². The summed E-state index contributed by atoms with van der Waals surface area (Å²) in [7, 11) is 0. The number of aromatic nitrogens is 1. The molecule has 2 saturated heterocycles. The van der Waals surface area contributed by atoms with Gasteiger partial charge in [0.1, 0.15) is 0 Å². The fraction of sp³-hybridized carbons (Fsp3) is 0.607. The van der Waals surface area contributed by atoms with Crippen LogP contribution in [0.2, 0.25) is 5.02 Å². The molecule has 0 bridgehead atoms. The van der Waals surface area contributed by atoms with E-state index in [2.05, 4.69) is 19.0 Å². The predicted molar refractivity (Wildman–Crippen MR) is 137 cm³/mol. The van der Waals surface area contributed by atoms with Crippen LogP contribution < -0.4 is 0 Å². The van der Waals surface area contributed by atoms with Crippen LogP contribution in [-0.2, 0) is 22.6 Å². The summed E-state index contributed by atoms with van der Waals surface area (Å²) in [5, 5.41) is 4.79. The van der Waals surface area contributed by atoms with E-state index in [1.165, 1.54) is 12.8 Å². The molecule has 7 nitrogen and oxygen atoms in total. The highest BCUT2D eigenvalue weighted by molar-refractivity contribution is 6.30. The summed E-state index contributed by atoms with van der Waals surface area (Å²) in [5.74, 6) is 1.28. The van der Waals surface area contributed by atoms with E-state index in [1.54, 1.807) is 11.0 Å². The summed E-state index contributed by atoms with van der Waals surface area (Å²) in [5.41, 5.74) is 1.23. The molecule has 1 aromatic carbocycles. The van der Waals surface area contributed by atoms with Gasteiger partial charge in [0.05, 0.1) is 23.8 Å². The molecule has 1 saturated carbocycles. The van der Waals surface area contributed by atoms with Gasteiger partial charge in [-0.05, 0) is 68.1 Å². The maximum Gasteiger partial charge on any atom is 0.292 e. The van der Waals surface area contributed by atoms with Crippen LogP contribution in [0, 0.1) is 17.3 Å². The number of benzene rings is 1. The average Bonchev–Trinajstić information content (AvgIpc) is 3.56. The molecule has 2 aliphatic heterocycles. The number of likely N-dealkylation sites (tertiary alicyclic amines) is 2. The zero-order valence-electron chi connectivity index (χ0n) is 21.2. The van der Waals surface area contributed by atoms with E-state index in [-0.39, 0.29) is 23.7 Å². The highest BCUT2D eigenvalue weighted by Crippen LogP contribution is 2.42. The summed E-state index contributed by atoms with van der Waals surface area (Å²) < 4.78 is 11.8. The molecule has 2 atom stereocenters. The number of carbonyl (C=O) groups excluding carboxylic acids is 2. The molecule has 0 radical (unpaired) electrons. The van der Waals surface area contributed by atoms with Gasteiger partial charge in [-0.3, -0.25) is 9.59 Å². The third-order valence-electron chi connectivity index (χ3n) is 7.61. The molecule has 3 fully saturated rings. The third-order valence-corrected chi connectivity index (χ3v) is 7.86. The van der Waals surface area contributed by atoms with E-state index >= 15 is 0 Å². The second kappa shape index (κ2) is 10.5. The van der Waals surface area contributed by atoms with Crippen molar-refractivity contribution < 1.29 is 18.8 Å². The van der Waals surface area contributed by atoms with Crippen molar-refractivity contribution in [1.82, 2.24) is 15.0 Å². The van der Waals surface area contributed by atoms with Crippen molar-refractivity contribution in [3.05, 3.63) is 52.4 Å². The summed E-state index contributed by atoms with van der Waals surface area (Å²) in [6, 6.07) is 9.43. The van der Waals surface area contributed by atoms with Crippen LogP contribution in [0.1, 0.15) is 67.8 Å². The van der Waals surface area contributed by atoms with Gasteiger partial charge in [0.15, 0.2) is 0 Å². The molecule has 3 heterocycles. The number of amides is 2. The van der Waals surface area contributed by atoms with E-state index < -0.39 is 5.41 Å². The first-order valence-corrected chi connectivity index (χ1v) is 13.6. The van der Waals surface area contributed by atoms with Crippen molar-refractivity contribution in [2.24, 2.45) is 17.3 Å². The third kappa shape index (κ3) is 5.78. The van der Waals surface area contributed by atoms with Gasteiger partial charge in [-0.1, -0.05) is 42.7 Å². The van der Waals surface area contributed by atoms with E-state index in [0.717, 1.165) is 37.1 Å². The molecule has 3 aliphatic rings. The average molecular weight is 514 g/mol. The zero-order chi connectivity index (χ0) is 25.3. The predicted octanol–water partition coefficient (Wildman–Crippen LogP) is 4.98. The molecule has 1 aliphatic carbocycles. The lowest BCUT2D eigenvalue weighted by Gasteiger charge is -2.49. The van der Waals surface area contributed by atoms with Crippen molar-refractivity contribution in [3.8, 4) is 0 Å². The van der Waals surface area contributed by atoms with Gasteiger partial charge in [0.2, 0.25) is 11.7 Å². The number of carbonyl (C=O) groups is 2. The molecule has 2 amide bonds. The van der Waals surface area contributed by atoms with E-state index in [4.69, 9.17) is 20.9 Å². The SMILES string of the molecule is CC(C)Cc1cc(C(=O)N2CCC[C@@]3(C[C@H](OCc4ccc(Cl)cc4)CN(CC4CC4)C3=O)C2)on1. The van der Waals surface area contributed by atoms with Crippen molar-refractivity contribution in [1.29, 1.82) is 0 Å². The number of halogens is 1. The first-order chi connectivity index (χ1) is 17.3. The highest BCUT2D eigenvalue weighted by atomic mass is 35.5. The summed E-state index contributed by atoms with van der Waals surface area (Å²) in [4.78, 5) is 31.0. The first-order valence-electron chi connectivity index (χ1n) is 13.2. The van der Waals surface area contributed by atoms with Crippen molar-refractivity contribution in [3.63, 3.8) is 0 Å². The van der Waals surface area contributed by atoms with E-state index in [0.29, 0.717) is 49.5 Å². The summed E-state index contributed by atoms with van der Waals surface area (Å²) in [6.07, 6.45) is 5.23. The number of hydrogen-bond donors (Lipinski definition) is 0. The highest BCUT2D eigenvalue weighted by Gasteiger charge is 2.51. The van der Waals surface area contributed by atoms with Gasteiger partial charge in [0, 0.05) is 37.3 Å². The molecule has 1 spiro atoms. The van der Waals surface area contributed by atoms with Gasteiger partial charge in [0.25, 0.3) is 5.91 Å². The Morgan fingerprint density at radius 2 is 2.06 bits per heavy atom. The second-order valence-corrected chi connectivity index (χ2v) is 11.7. The van der Waals surface area contributed by atoms with E-state index in [1.807, 2.05) is 29.2 Å². The monoisotopic (exact) mass is 513 g/mol. The minimum Gasteiger partial charge on any atom is -0.372 e. The molecular formula is C28H36ClN3O4. The zero-order valence-corrected chi connectivity index (χ0v) is 22.0. The lowest BCUT2D eigenvalue weighted by molar-refractivity contribution is -0.160. The summed E-state index contributed by atoms with van der Waals surface area (Å²) >= 11 is 6.03. The Bertz CT molecular complexity index is 1080. The quantitative estimate of drug-likeness (QED) is 0.497. The van der Waals surface area contributed by atoms with Gasteiger partial charge in [-0.25, -0.2) is 0 Å². The topological polar surface area (TPSA) is 75.9 Å². The molecule has 2 aromatic rings. The van der Waals surface area contributed by atoms with E-state index in [9.17, 15) is 9.59 Å². The lowest BCUT2D eigenvalue weighted by atomic mass is 9.72. The fourth-order valence-corrected chi connectivity index (χ4v) is 5.78. The maximum absolute atomic E-state index is 13.8. The number of rotatable bonds is 8. The first kappa shape index (κ1) is 25.3. The van der Waals surface area contributed by atoms with Crippen LogP contribution in [0.15, 0.2) is 34.9 Å². The Hall–Kier alpha value is -2.38. The molecule has 8 heteroatoms. The Labute approximate surface area is 218 Å². The number of hydrogen-bond acceptors (Lipinski definition) is 5. The van der Waals surface area contributed by atoms with Crippen LogP contribution in [-0.4, -0.2) is 59.1 Å². The lowest BCUT2D eigenvalue weighted by Crippen LogP contribution is -2.61. The Morgan fingerprint density at radius 3 is 2.78 bits per heavy atom. The Kier molecular flexibility index (Phi) is 7.40. The maximum atomic E-state index is 13.8.